The summed E-state index contributed by atoms with van der Waals surface area (Å²) in [5.41, 5.74) is 5.73. The first-order valence-corrected chi connectivity index (χ1v) is 5.19. The third kappa shape index (κ3) is 2.71. The minimum atomic E-state index is -3.84. The molecular formula is C7H10N4O2S. The van der Waals surface area contributed by atoms with Gasteiger partial charge in [-0.1, -0.05) is 12.1 Å². The monoisotopic (exact) mass is 214 g/mol. The molecule has 76 valence electrons. The summed E-state index contributed by atoms with van der Waals surface area (Å²) >= 11 is 0. The smallest absolute Gasteiger partial charge is 0.296 e. The summed E-state index contributed by atoms with van der Waals surface area (Å²) in [6.07, 6.45) is 0. The zero-order valence-electron chi connectivity index (χ0n) is 7.19. The average Bonchev–Trinajstić information content (AvgIpc) is 2.01. The lowest BCUT2D eigenvalue weighted by Crippen LogP contribution is -2.24. The molecule has 1 rings (SSSR count). The Bertz CT molecular complexity index is 455. The number of benzene rings is 1. The van der Waals surface area contributed by atoms with E-state index in [9.17, 15) is 8.42 Å². The van der Waals surface area contributed by atoms with Crippen LogP contribution < -0.4 is 15.6 Å². The van der Waals surface area contributed by atoms with Gasteiger partial charge < -0.3 is 5.73 Å². The van der Waals surface area contributed by atoms with Gasteiger partial charge in [-0.25, -0.2) is 5.14 Å². The van der Waals surface area contributed by atoms with Gasteiger partial charge in [0.1, 0.15) is 5.84 Å². The Morgan fingerprint density at radius 3 is 2.43 bits per heavy atom. The van der Waals surface area contributed by atoms with E-state index in [1.807, 2.05) is 0 Å². The molecule has 0 spiro atoms. The van der Waals surface area contributed by atoms with E-state index in [0.717, 1.165) is 0 Å². The van der Waals surface area contributed by atoms with E-state index in [-0.39, 0.29) is 11.5 Å². The maximum atomic E-state index is 10.7. The highest BCUT2D eigenvalue weighted by Crippen LogP contribution is 2.14. The van der Waals surface area contributed by atoms with Gasteiger partial charge >= 0.3 is 0 Å². The second-order valence-corrected chi connectivity index (χ2v) is 3.90. The zero-order chi connectivity index (χ0) is 10.8. The van der Waals surface area contributed by atoms with Crippen molar-refractivity contribution in [1.29, 1.82) is 5.41 Å². The van der Waals surface area contributed by atoms with Gasteiger partial charge in [-0.3, -0.25) is 10.1 Å². The normalized spacial score (nSPS) is 10.9. The van der Waals surface area contributed by atoms with Crippen molar-refractivity contribution in [1.82, 2.24) is 0 Å². The number of hydrogen-bond acceptors (Lipinski definition) is 3. The molecule has 0 saturated carbocycles. The quantitative estimate of drug-likeness (QED) is 0.404. The van der Waals surface area contributed by atoms with Crippen LogP contribution in [-0.4, -0.2) is 14.3 Å². The summed E-state index contributed by atoms with van der Waals surface area (Å²) in [6.45, 7) is 0. The van der Waals surface area contributed by atoms with Gasteiger partial charge in [-0.05, 0) is 12.1 Å². The molecule has 0 bridgehead atoms. The van der Waals surface area contributed by atoms with Crippen LogP contribution >= 0.6 is 0 Å². The molecule has 1 aromatic rings. The van der Waals surface area contributed by atoms with Crippen LogP contribution in [0.5, 0.6) is 0 Å². The van der Waals surface area contributed by atoms with E-state index in [1.54, 1.807) is 12.1 Å². The molecule has 6 nitrogen and oxygen atoms in total. The van der Waals surface area contributed by atoms with Crippen molar-refractivity contribution >= 4 is 21.7 Å². The molecule has 0 fully saturated rings. The van der Waals surface area contributed by atoms with Gasteiger partial charge in [0.2, 0.25) is 0 Å². The molecule has 0 unspecified atom stereocenters. The fraction of sp³-hybridized carbons (Fsp3) is 0. The van der Waals surface area contributed by atoms with E-state index in [4.69, 9.17) is 16.3 Å². The second kappa shape index (κ2) is 3.64. The Hall–Kier alpha value is -1.60. The summed E-state index contributed by atoms with van der Waals surface area (Å²) in [4.78, 5) is 0. The van der Waals surface area contributed by atoms with Gasteiger partial charge in [-0.15, -0.1) is 0 Å². The molecule has 7 heteroatoms. The summed E-state index contributed by atoms with van der Waals surface area (Å²) in [6, 6.07) is 6.25. The Labute approximate surface area is 81.6 Å². The lowest BCUT2D eigenvalue weighted by Gasteiger charge is -2.08. The molecule has 0 aliphatic rings. The number of nitrogens with one attached hydrogen (secondary N) is 2. The van der Waals surface area contributed by atoms with Crippen LogP contribution in [0.1, 0.15) is 5.56 Å². The lowest BCUT2D eigenvalue weighted by molar-refractivity contribution is 0.603. The molecule has 1 aromatic carbocycles. The maximum absolute atomic E-state index is 10.7. The number of nitrogens with two attached hydrogens (primary N) is 2. The first-order chi connectivity index (χ1) is 6.40. The molecule has 0 aliphatic heterocycles. The summed E-state index contributed by atoms with van der Waals surface area (Å²) in [7, 11) is -3.84. The van der Waals surface area contributed by atoms with Gasteiger partial charge in [0, 0.05) is 5.56 Å². The van der Waals surface area contributed by atoms with Crippen molar-refractivity contribution in [2.45, 2.75) is 0 Å². The van der Waals surface area contributed by atoms with Crippen LogP contribution in [0.2, 0.25) is 0 Å². The number of rotatable bonds is 3. The molecule has 0 radical (unpaired) electrons. The predicted molar refractivity (Wildman–Crippen MR) is 54.2 cm³/mol. The Balaban J connectivity index is 3.15. The molecule has 0 saturated heterocycles. The number of hydrogen-bond donors (Lipinski definition) is 4. The molecular weight excluding hydrogens is 204 g/mol. The second-order valence-electron chi connectivity index (χ2n) is 2.61. The molecule has 0 aromatic heterocycles. The molecule has 0 amide bonds. The average molecular weight is 214 g/mol. The third-order valence-electron chi connectivity index (χ3n) is 1.47. The van der Waals surface area contributed by atoms with Gasteiger partial charge in [0.05, 0.1) is 5.69 Å². The highest BCUT2D eigenvalue weighted by Gasteiger charge is 2.08. The number of para-hydroxylation sites is 1. The fourth-order valence-electron chi connectivity index (χ4n) is 0.960. The minimum absolute atomic E-state index is 0.197. The summed E-state index contributed by atoms with van der Waals surface area (Å²) in [5.74, 6) is -0.225. The van der Waals surface area contributed by atoms with Crippen molar-refractivity contribution in [2.24, 2.45) is 10.9 Å². The van der Waals surface area contributed by atoms with Crippen LogP contribution in [0.3, 0.4) is 0 Å². The van der Waals surface area contributed by atoms with Gasteiger partial charge in [0.15, 0.2) is 0 Å². The Morgan fingerprint density at radius 1 is 1.36 bits per heavy atom. The number of amidine groups is 1. The zero-order valence-corrected chi connectivity index (χ0v) is 8.01. The lowest BCUT2D eigenvalue weighted by atomic mass is 10.2. The maximum Gasteiger partial charge on any atom is 0.296 e. The summed E-state index contributed by atoms with van der Waals surface area (Å²) < 4.78 is 23.5. The van der Waals surface area contributed by atoms with Crippen LogP contribution in [0, 0.1) is 5.41 Å². The van der Waals surface area contributed by atoms with Crippen molar-refractivity contribution in [3.63, 3.8) is 0 Å². The van der Waals surface area contributed by atoms with Crippen molar-refractivity contribution in [2.75, 3.05) is 4.72 Å². The SMILES string of the molecule is N=C(N)c1ccccc1NS(N)(=O)=O. The molecule has 0 aliphatic carbocycles. The largest absolute Gasteiger partial charge is 0.384 e. The first kappa shape index (κ1) is 10.5. The van der Waals surface area contributed by atoms with Gasteiger partial charge in [0.25, 0.3) is 10.2 Å². The molecule has 0 atom stereocenters. The van der Waals surface area contributed by atoms with Crippen LogP contribution in [0.4, 0.5) is 5.69 Å². The minimum Gasteiger partial charge on any atom is -0.384 e. The standard InChI is InChI=1S/C7H10N4O2S/c8-7(9)5-3-1-2-4-6(5)11-14(10,12)13/h1-4,11H,(H3,8,9)(H2,10,12,13). The van der Waals surface area contributed by atoms with E-state index in [0.29, 0.717) is 5.56 Å². The first-order valence-electron chi connectivity index (χ1n) is 3.64. The van der Waals surface area contributed by atoms with Crippen LogP contribution in [0.25, 0.3) is 0 Å². The van der Waals surface area contributed by atoms with E-state index < -0.39 is 10.2 Å². The highest BCUT2D eigenvalue weighted by atomic mass is 32.2. The summed E-state index contributed by atoms with van der Waals surface area (Å²) in [5, 5.41) is 12.0. The molecule has 6 N–H and O–H groups in total. The van der Waals surface area contributed by atoms with Crippen molar-refractivity contribution < 1.29 is 8.42 Å². The predicted octanol–water partition coefficient (Wildman–Crippen LogP) is -0.414. The van der Waals surface area contributed by atoms with E-state index in [1.165, 1.54) is 12.1 Å². The van der Waals surface area contributed by atoms with Crippen LogP contribution in [0.15, 0.2) is 24.3 Å². The van der Waals surface area contributed by atoms with E-state index in [2.05, 4.69) is 4.72 Å². The van der Waals surface area contributed by atoms with Crippen molar-refractivity contribution in [3.8, 4) is 0 Å². The van der Waals surface area contributed by atoms with Gasteiger partial charge in [-0.2, -0.15) is 8.42 Å². The highest BCUT2D eigenvalue weighted by molar-refractivity contribution is 7.90. The Morgan fingerprint density at radius 2 is 1.93 bits per heavy atom. The number of nitrogen functional groups attached to an aromatic ring is 1. The topological polar surface area (TPSA) is 122 Å². The Kier molecular flexibility index (Phi) is 2.73. The van der Waals surface area contributed by atoms with Crippen LogP contribution in [-0.2, 0) is 10.2 Å². The number of anilines is 1. The molecule has 0 heterocycles. The fourth-order valence-corrected chi connectivity index (χ4v) is 1.44. The van der Waals surface area contributed by atoms with E-state index >= 15 is 0 Å². The van der Waals surface area contributed by atoms with Crippen molar-refractivity contribution in [3.05, 3.63) is 29.8 Å². The third-order valence-corrected chi connectivity index (χ3v) is 1.97. The molecule has 14 heavy (non-hydrogen) atoms.